The average molecular weight is 206 g/mol. The molecule has 0 saturated carbocycles. The van der Waals surface area contributed by atoms with Crippen LogP contribution in [0, 0.1) is 11.2 Å². The summed E-state index contributed by atoms with van der Waals surface area (Å²) in [5.74, 6) is 3.25. The van der Waals surface area contributed by atoms with E-state index in [4.69, 9.17) is 0 Å². The molecule has 4 atom stereocenters. The molecule has 0 aromatic carbocycles. The Labute approximate surface area is 78.9 Å². The van der Waals surface area contributed by atoms with E-state index < -0.39 is 12.3 Å². The van der Waals surface area contributed by atoms with Gasteiger partial charge in [0, 0.05) is 0 Å². The fourth-order valence-electron chi connectivity index (χ4n) is 1.42. The highest BCUT2D eigenvalue weighted by atomic mass is 32.2. The van der Waals surface area contributed by atoms with Crippen LogP contribution in [0.4, 0.5) is 8.78 Å². The molecule has 66 valence electrons. The van der Waals surface area contributed by atoms with Gasteiger partial charge in [-0.15, -0.1) is 0 Å². The Morgan fingerprint density at radius 1 is 1.25 bits per heavy atom. The fourth-order valence-corrected chi connectivity index (χ4v) is 3.94. The number of thioether (sulfide) groups is 2. The molecular weight excluding hydrogens is 198 g/mol. The van der Waals surface area contributed by atoms with Crippen molar-refractivity contribution in [2.24, 2.45) is 0 Å². The van der Waals surface area contributed by atoms with Crippen LogP contribution in [-0.4, -0.2) is 28.6 Å². The molecule has 0 radical (unpaired) electrons. The largest absolute Gasteiger partial charge is 0.246 e. The van der Waals surface area contributed by atoms with E-state index >= 15 is 0 Å². The van der Waals surface area contributed by atoms with Crippen molar-refractivity contribution in [3.63, 3.8) is 0 Å². The maximum Gasteiger partial charge on any atom is 0.175 e. The number of hydrogen-bond acceptors (Lipinski definition) is 2. The third kappa shape index (κ3) is 1.45. The Balaban J connectivity index is 2.00. The Morgan fingerprint density at radius 2 is 2.08 bits per heavy atom. The summed E-state index contributed by atoms with van der Waals surface area (Å²) in [6, 6.07) is 0. The van der Waals surface area contributed by atoms with E-state index in [9.17, 15) is 8.78 Å². The molecule has 4 heteroatoms. The van der Waals surface area contributed by atoms with Crippen molar-refractivity contribution >= 4 is 23.5 Å². The molecule has 0 aromatic heterocycles. The number of halogens is 2. The van der Waals surface area contributed by atoms with Gasteiger partial charge >= 0.3 is 0 Å². The average Bonchev–Trinajstić information content (AvgIpc) is 2.59. The van der Waals surface area contributed by atoms with Gasteiger partial charge in [0.1, 0.15) is 6.17 Å². The van der Waals surface area contributed by atoms with Crippen molar-refractivity contribution in [3.8, 4) is 11.2 Å². The normalized spacial score (nSPS) is 45.8. The zero-order chi connectivity index (χ0) is 8.55. The van der Waals surface area contributed by atoms with Gasteiger partial charge in [-0.05, 0) is 17.4 Å². The lowest BCUT2D eigenvalue weighted by molar-refractivity contribution is 0.297. The van der Waals surface area contributed by atoms with Crippen LogP contribution in [-0.2, 0) is 0 Å². The molecule has 2 heterocycles. The second-order valence-corrected chi connectivity index (χ2v) is 5.14. The van der Waals surface area contributed by atoms with Crippen LogP contribution < -0.4 is 0 Å². The summed E-state index contributed by atoms with van der Waals surface area (Å²) in [6.45, 7) is 0. The molecule has 0 spiro atoms. The lowest BCUT2D eigenvalue weighted by Gasteiger charge is -2.19. The Morgan fingerprint density at radius 3 is 2.58 bits per heavy atom. The highest BCUT2D eigenvalue weighted by Crippen LogP contribution is 2.39. The summed E-state index contributed by atoms with van der Waals surface area (Å²) in [6.07, 6.45) is -1.39. The summed E-state index contributed by atoms with van der Waals surface area (Å²) < 4.78 is 26.2. The fraction of sp³-hybridized carbons (Fsp3) is 0.750. The molecule has 12 heavy (non-hydrogen) atoms. The molecule has 0 N–H and O–H groups in total. The van der Waals surface area contributed by atoms with Crippen molar-refractivity contribution in [1.29, 1.82) is 0 Å². The monoisotopic (exact) mass is 206 g/mol. The van der Waals surface area contributed by atoms with Gasteiger partial charge in [-0.2, -0.15) is 11.8 Å². The SMILES string of the molecule is FC1C#CSC1C1SCCC1F. The van der Waals surface area contributed by atoms with Crippen LogP contribution in [0.3, 0.4) is 0 Å². The number of alkyl halides is 2. The molecule has 2 aliphatic rings. The molecule has 2 aliphatic heterocycles. The quantitative estimate of drug-likeness (QED) is 0.603. The first-order valence-corrected chi connectivity index (χ1v) is 5.78. The third-order valence-corrected chi connectivity index (χ3v) is 4.72. The van der Waals surface area contributed by atoms with E-state index in [0.717, 1.165) is 5.75 Å². The minimum Gasteiger partial charge on any atom is -0.246 e. The second-order valence-electron chi connectivity index (χ2n) is 2.87. The van der Waals surface area contributed by atoms with Crippen molar-refractivity contribution in [3.05, 3.63) is 0 Å². The summed E-state index contributed by atoms with van der Waals surface area (Å²) >= 11 is 2.79. The molecule has 0 amide bonds. The Bertz CT molecular complexity index is 233. The molecule has 0 aromatic rings. The lowest BCUT2D eigenvalue weighted by Crippen LogP contribution is -2.31. The Kier molecular flexibility index (Phi) is 2.52. The van der Waals surface area contributed by atoms with Crippen LogP contribution in [0.1, 0.15) is 6.42 Å². The van der Waals surface area contributed by atoms with Gasteiger partial charge in [0.15, 0.2) is 6.17 Å². The molecule has 1 fully saturated rings. The molecular formula is C8H8F2S2. The van der Waals surface area contributed by atoms with Gasteiger partial charge < -0.3 is 0 Å². The molecule has 0 bridgehead atoms. The highest BCUT2D eigenvalue weighted by Gasteiger charge is 2.40. The van der Waals surface area contributed by atoms with Gasteiger partial charge in [-0.25, -0.2) is 8.78 Å². The minimum absolute atomic E-state index is 0.188. The molecule has 0 nitrogen and oxygen atoms in total. The van der Waals surface area contributed by atoms with E-state index in [1.165, 1.54) is 23.5 Å². The van der Waals surface area contributed by atoms with Gasteiger partial charge in [-0.3, -0.25) is 0 Å². The van der Waals surface area contributed by atoms with Crippen LogP contribution in [0.5, 0.6) is 0 Å². The van der Waals surface area contributed by atoms with Gasteiger partial charge in [0.2, 0.25) is 0 Å². The Hall–Kier alpha value is 0.120. The van der Waals surface area contributed by atoms with Crippen LogP contribution in [0.25, 0.3) is 0 Å². The van der Waals surface area contributed by atoms with E-state index in [2.05, 4.69) is 11.2 Å². The second kappa shape index (κ2) is 3.47. The number of hydrogen-bond donors (Lipinski definition) is 0. The molecule has 0 aliphatic carbocycles. The van der Waals surface area contributed by atoms with Crippen molar-refractivity contribution in [1.82, 2.24) is 0 Å². The maximum absolute atomic E-state index is 13.2. The first-order valence-electron chi connectivity index (χ1n) is 3.85. The highest BCUT2D eigenvalue weighted by molar-refractivity contribution is 8.07. The number of rotatable bonds is 1. The summed E-state index contributed by atoms with van der Waals surface area (Å²) in [5.41, 5.74) is 0. The predicted octanol–water partition coefficient (Wildman–Crippen LogP) is 2.24. The summed E-state index contributed by atoms with van der Waals surface area (Å²) in [7, 11) is 0. The predicted molar refractivity (Wildman–Crippen MR) is 49.8 cm³/mol. The van der Waals surface area contributed by atoms with Crippen molar-refractivity contribution in [2.75, 3.05) is 5.75 Å². The van der Waals surface area contributed by atoms with Crippen molar-refractivity contribution in [2.45, 2.75) is 29.3 Å². The van der Waals surface area contributed by atoms with Crippen LogP contribution in [0.2, 0.25) is 0 Å². The molecule has 2 rings (SSSR count). The lowest BCUT2D eigenvalue weighted by atomic mass is 10.1. The third-order valence-electron chi connectivity index (χ3n) is 2.06. The molecule has 4 unspecified atom stereocenters. The zero-order valence-corrected chi connectivity index (χ0v) is 7.93. The van der Waals surface area contributed by atoms with Gasteiger partial charge in [-0.1, -0.05) is 17.7 Å². The first-order chi connectivity index (χ1) is 5.79. The van der Waals surface area contributed by atoms with E-state index in [-0.39, 0.29) is 10.5 Å². The maximum atomic E-state index is 13.2. The van der Waals surface area contributed by atoms with E-state index in [1.54, 1.807) is 0 Å². The van der Waals surface area contributed by atoms with Crippen molar-refractivity contribution < 1.29 is 8.78 Å². The van der Waals surface area contributed by atoms with E-state index in [0.29, 0.717) is 6.42 Å². The summed E-state index contributed by atoms with van der Waals surface area (Å²) in [5, 5.41) is 2.16. The standard InChI is InChI=1S/C8H8F2S2/c9-5-1-3-11-7(5)8-6(10)2-4-12-8/h5-8H,1,3H2. The topological polar surface area (TPSA) is 0 Å². The zero-order valence-electron chi connectivity index (χ0n) is 6.30. The smallest absolute Gasteiger partial charge is 0.175 e. The van der Waals surface area contributed by atoms with Gasteiger partial charge in [0.05, 0.1) is 10.5 Å². The van der Waals surface area contributed by atoms with Crippen LogP contribution in [0.15, 0.2) is 0 Å². The first kappa shape index (κ1) is 8.71. The van der Waals surface area contributed by atoms with E-state index in [1.807, 2.05) is 0 Å². The summed E-state index contributed by atoms with van der Waals surface area (Å²) in [4.78, 5) is 0. The van der Waals surface area contributed by atoms with Gasteiger partial charge in [0.25, 0.3) is 0 Å². The van der Waals surface area contributed by atoms with Crippen LogP contribution >= 0.6 is 23.5 Å². The molecule has 1 saturated heterocycles. The minimum atomic E-state index is -1.12.